The first kappa shape index (κ1) is 20.4. The number of rotatable bonds is 6. The summed E-state index contributed by atoms with van der Waals surface area (Å²) in [6.07, 6.45) is 1.96. The van der Waals surface area contributed by atoms with Gasteiger partial charge in [-0.25, -0.2) is 9.37 Å². The molecule has 0 aliphatic rings. The van der Waals surface area contributed by atoms with Crippen molar-refractivity contribution in [2.75, 3.05) is 21.1 Å². The van der Waals surface area contributed by atoms with Crippen LogP contribution in [0.5, 0.6) is 0 Å². The molecular formula is C12H14BrFN6O4S2. The average molecular weight is 469 g/mol. The fourth-order valence-corrected chi connectivity index (χ4v) is 3.53. The summed E-state index contributed by atoms with van der Waals surface area (Å²) in [4.78, 5) is 3.53. The highest BCUT2D eigenvalue weighted by molar-refractivity contribution is 9.10. The minimum atomic E-state index is -4.28. The maximum absolute atomic E-state index is 13.1. The van der Waals surface area contributed by atoms with E-state index in [1.165, 1.54) is 38.5 Å². The number of nitrogens with zero attached hydrogens (tertiary/aromatic N) is 6. The van der Waals surface area contributed by atoms with Gasteiger partial charge >= 0.3 is 20.2 Å². The molecule has 10 nitrogen and oxygen atoms in total. The molecule has 0 saturated carbocycles. The minimum Gasteiger partial charge on any atom is -0.207 e. The number of benzene rings is 1. The number of hydrazone groups is 1. The smallest absolute Gasteiger partial charge is 0.207 e. The van der Waals surface area contributed by atoms with Gasteiger partial charge in [0.15, 0.2) is 0 Å². The summed E-state index contributed by atoms with van der Waals surface area (Å²) in [6, 6.07) is 3.79. The summed E-state index contributed by atoms with van der Waals surface area (Å²) >= 11 is 3.13. The van der Waals surface area contributed by atoms with Crippen LogP contribution < -0.4 is 0 Å². The maximum Gasteiger partial charge on any atom is 0.323 e. The third kappa shape index (κ3) is 4.08. The third-order valence-corrected chi connectivity index (χ3v) is 6.75. The van der Waals surface area contributed by atoms with Gasteiger partial charge in [0, 0.05) is 31.2 Å². The van der Waals surface area contributed by atoms with Crippen molar-refractivity contribution in [3.8, 4) is 0 Å². The molecule has 1 heterocycles. The lowest BCUT2D eigenvalue weighted by Gasteiger charge is -2.11. The quantitative estimate of drug-likeness (QED) is 0.449. The Balaban J connectivity index is 2.30. The van der Waals surface area contributed by atoms with E-state index in [0.29, 0.717) is 18.5 Å². The Bertz CT molecular complexity index is 1050. The Kier molecular flexibility index (Phi) is 5.79. The second-order valence-corrected chi connectivity index (χ2v) is 9.74. The molecule has 0 fully saturated rings. The van der Waals surface area contributed by atoms with E-state index >= 15 is 0 Å². The van der Waals surface area contributed by atoms with Gasteiger partial charge in [-0.1, -0.05) is 15.9 Å². The highest BCUT2D eigenvalue weighted by atomic mass is 79.9. The summed E-state index contributed by atoms with van der Waals surface area (Å²) in [5, 5.41) is 6.52. The fraction of sp³-hybridized carbons (Fsp3) is 0.250. The van der Waals surface area contributed by atoms with E-state index in [-0.39, 0.29) is 0 Å². The zero-order chi connectivity index (χ0) is 19.7. The summed E-state index contributed by atoms with van der Waals surface area (Å²) in [7, 11) is -4.61. The monoisotopic (exact) mass is 468 g/mol. The molecule has 0 aliphatic carbocycles. The van der Waals surface area contributed by atoms with Crippen molar-refractivity contribution < 1.29 is 21.2 Å². The third-order valence-electron chi connectivity index (χ3n) is 3.05. The molecule has 1 aromatic carbocycles. The topological polar surface area (TPSA) is 118 Å². The van der Waals surface area contributed by atoms with Crippen molar-refractivity contribution in [1.82, 2.24) is 22.9 Å². The lowest BCUT2D eigenvalue weighted by atomic mass is 10.2. The van der Waals surface area contributed by atoms with E-state index in [1.54, 1.807) is 0 Å². The lowest BCUT2D eigenvalue weighted by Crippen LogP contribution is -2.30. The van der Waals surface area contributed by atoms with Crippen LogP contribution in [0.15, 0.2) is 39.3 Å². The molecule has 0 bridgehead atoms. The van der Waals surface area contributed by atoms with Gasteiger partial charge in [-0.2, -0.15) is 30.7 Å². The van der Waals surface area contributed by atoms with Crippen molar-refractivity contribution in [1.29, 1.82) is 0 Å². The first-order valence-corrected chi connectivity index (χ1v) is 10.4. The van der Waals surface area contributed by atoms with Gasteiger partial charge < -0.3 is 0 Å². The van der Waals surface area contributed by atoms with Gasteiger partial charge in [0.1, 0.15) is 12.1 Å². The van der Waals surface area contributed by atoms with Crippen LogP contribution in [0.2, 0.25) is 0 Å². The van der Waals surface area contributed by atoms with Gasteiger partial charge in [0.25, 0.3) is 5.16 Å². The molecule has 142 valence electrons. The maximum atomic E-state index is 13.1. The molecule has 26 heavy (non-hydrogen) atoms. The van der Waals surface area contributed by atoms with E-state index < -0.39 is 31.2 Å². The van der Waals surface area contributed by atoms with Crippen LogP contribution in [-0.4, -0.2) is 67.1 Å². The first-order chi connectivity index (χ1) is 12.0. The fourth-order valence-electron chi connectivity index (χ4n) is 1.56. The normalized spacial score (nSPS) is 12.8. The van der Waals surface area contributed by atoms with Gasteiger partial charge in [-0.15, -0.1) is 9.19 Å². The molecule has 0 amide bonds. The molecule has 0 aliphatic heterocycles. The zero-order valence-electron chi connectivity index (χ0n) is 13.8. The number of sulfonamides is 1. The molecule has 0 saturated heterocycles. The largest absolute Gasteiger partial charge is 0.323 e. The van der Waals surface area contributed by atoms with Gasteiger partial charge in [-0.3, -0.25) is 0 Å². The molecule has 1 aromatic heterocycles. The molecule has 0 N–H and O–H groups in total. The second kappa shape index (κ2) is 7.38. The predicted octanol–water partition coefficient (Wildman–Crippen LogP) is 0.489. The molecule has 0 unspecified atom stereocenters. The summed E-state index contributed by atoms with van der Waals surface area (Å²) in [5.74, 6) is -0.466. The molecule has 0 atom stereocenters. The number of hydrogen-bond acceptors (Lipinski definition) is 7. The molecule has 2 aromatic rings. The second-order valence-electron chi connectivity index (χ2n) is 5.04. The predicted molar refractivity (Wildman–Crippen MR) is 94.7 cm³/mol. The van der Waals surface area contributed by atoms with Gasteiger partial charge in [0.2, 0.25) is 0 Å². The van der Waals surface area contributed by atoms with Crippen LogP contribution >= 0.6 is 15.9 Å². The number of halogens is 2. The van der Waals surface area contributed by atoms with Crippen LogP contribution in [-0.2, 0) is 20.2 Å². The minimum absolute atomic E-state index is 0.381. The lowest BCUT2D eigenvalue weighted by molar-refractivity contribution is 0.481. The number of aromatic nitrogens is 3. The Morgan fingerprint density at radius 3 is 2.46 bits per heavy atom. The Hall–Kier alpha value is -1.90. The van der Waals surface area contributed by atoms with Crippen LogP contribution in [0.1, 0.15) is 5.56 Å². The van der Waals surface area contributed by atoms with Crippen molar-refractivity contribution in [3.63, 3.8) is 0 Å². The molecule has 0 spiro atoms. The first-order valence-electron chi connectivity index (χ1n) is 6.79. The van der Waals surface area contributed by atoms with Crippen LogP contribution in [0.4, 0.5) is 4.39 Å². The van der Waals surface area contributed by atoms with E-state index in [0.717, 1.165) is 17.7 Å². The molecule has 0 radical (unpaired) electrons. The van der Waals surface area contributed by atoms with Gasteiger partial charge in [0.05, 0.1) is 6.21 Å². The van der Waals surface area contributed by atoms with Gasteiger partial charge in [-0.05, 0) is 18.2 Å². The van der Waals surface area contributed by atoms with E-state index in [1.807, 2.05) is 0 Å². The Morgan fingerprint density at radius 2 is 1.88 bits per heavy atom. The zero-order valence-corrected chi connectivity index (χ0v) is 17.0. The molecule has 14 heteroatoms. The van der Waals surface area contributed by atoms with Crippen LogP contribution in [0.25, 0.3) is 0 Å². The van der Waals surface area contributed by atoms with Crippen LogP contribution in [0, 0.1) is 5.82 Å². The summed E-state index contributed by atoms with van der Waals surface area (Å²) in [5.41, 5.74) is 0.433. The van der Waals surface area contributed by atoms with Crippen molar-refractivity contribution in [2.24, 2.45) is 5.10 Å². The highest BCUT2D eigenvalue weighted by Gasteiger charge is 2.27. The Labute approximate surface area is 158 Å². The standard InChI is InChI=1S/C12H14BrFN6O4S2/c1-18(2)26(23,24)20-8-15-12(17-20)25(21,22)19(3)16-7-9-4-5-10(14)6-11(9)13/h4-8H,1-3H3/b16-7+. The van der Waals surface area contributed by atoms with E-state index in [9.17, 15) is 21.2 Å². The summed E-state index contributed by atoms with van der Waals surface area (Å²) < 4.78 is 64.0. The van der Waals surface area contributed by atoms with Crippen molar-refractivity contribution in [2.45, 2.75) is 5.16 Å². The molecular weight excluding hydrogens is 455 g/mol. The van der Waals surface area contributed by atoms with Crippen molar-refractivity contribution in [3.05, 3.63) is 40.4 Å². The highest BCUT2D eigenvalue weighted by Crippen LogP contribution is 2.17. The summed E-state index contributed by atoms with van der Waals surface area (Å²) in [6.45, 7) is 0. The number of hydrogen-bond donors (Lipinski definition) is 0. The van der Waals surface area contributed by atoms with Crippen molar-refractivity contribution >= 4 is 42.4 Å². The average Bonchev–Trinajstić information content (AvgIpc) is 3.05. The molecule has 2 rings (SSSR count). The SMILES string of the molecule is CN(/N=C/c1ccc(F)cc1Br)S(=O)(=O)c1ncn(S(=O)(=O)N(C)C)n1. The Morgan fingerprint density at radius 1 is 1.23 bits per heavy atom. The van der Waals surface area contributed by atoms with E-state index in [4.69, 9.17) is 0 Å². The van der Waals surface area contributed by atoms with Crippen LogP contribution in [0.3, 0.4) is 0 Å². The van der Waals surface area contributed by atoms with E-state index in [2.05, 4.69) is 31.1 Å².